The zero-order valence-electron chi connectivity index (χ0n) is 15.3. The molecule has 0 spiro atoms. The second kappa shape index (κ2) is 7.76. The van der Waals surface area contributed by atoms with Gasteiger partial charge < -0.3 is 10.1 Å². The summed E-state index contributed by atoms with van der Waals surface area (Å²) >= 11 is 0. The van der Waals surface area contributed by atoms with Crippen LogP contribution in [0.3, 0.4) is 0 Å². The van der Waals surface area contributed by atoms with Crippen molar-refractivity contribution < 1.29 is 14.1 Å². The molecule has 0 bridgehead atoms. The first-order chi connectivity index (χ1) is 12.5. The fourth-order valence-electron chi connectivity index (χ4n) is 3.74. The zero-order valence-corrected chi connectivity index (χ0v) is 15.3. The summed E-state index contributed by atoms with van der Waals surface area (Å²) < 4.78 is 9.91. The molecule has 7 nitrogen and oxygen atoms in total. The van der Waals surface area contributed by atoms with E-state index in [4.69, 9.17) is 4.74 Å². The number of nitrogens with one attached hydrogen (secondary N) is 2. The lowest BCUT2D eigenvalue weighted by molar-refractivity contribution is -0.126. The van der Waals surface area contributed by atoms with Gasteiger partial charge in [0.2, 0.25) is 5.91 Å². The van der Waals surface area contributed by atoms with Gasteiger partial charge in [0.1, 0.15) is 5.75 Å². The molecule has 1 aliphatic carbocycles. The molecule has 0 aliphatic heterocycles. The van der Waals surface area contributed by atoms with Gasteiger partial charge >= 0.3 is 5.76 Å². The summed E-state index contributed by atoms with van der Waals surface area (Å²) in [5.41, 5.74) is 1.60. The molecule has 1 amide bonds. The monoisotopic (exact) mass is 359 g/mol. The van der Waals surface area contributed by atoms with Gasteiger partial charge in [-0.15, -0.1) is 0 Å². The third kappa shape index (κ3) is 3.66. The van der Waals surface area contributed by atoms with Crippen molar-refractivity contribution >= 4 is 5.91 Å². The molecule has 0 unspecified atom stereocenters. The number of carbonyl (C=O) groups excluding carboxylic acids is 1. The number of amides is 1. The van der Waals surface area contributed by atoms with Gasteiger partial charge in [-0.1, -0.05) is 30.1 Å². The van der Waals surface area contributed by atoms with Crippen LogP contribution in [-0.4, -0.2) is 29.7 Å². The topological polar surface area (TPSA) is 97.2 Å². The van der Waals surface area contributed by atoms with Gasteiger partial charge in [-0.2, -0.15) is 0 Å². The third-order valence-corrected chi connectivity index (χ3v) is 5.21. The van der Waals surface area contributed by atoms with Gasteiger partial charge in [0.15, 0.2) is 5.82 Å². The van der Waals surface area contributed by atoms with Gasteiger partial charge in [0, 0.05) is 13.0 Å². The minimum Gasteiger partial charge on any atom is -0.496 e. The van der Waals surface area contributed by atoms with E-state index in [0.717, 1.165) is 42.6 Å². The molecule has 1 saturated carbocycles. The molecule has 0 saturated heterocycles. The molecular formula is C19H25N3O4. The first-order valence-electron chi connectivity index (χ1n) is 9.03. The molecule has 1 aliphatic rings. The Kier molecular flexibility index (Phi) is 5.44. The molecule has 7 heteroatoms. The summed E-state index contributed by atoms with van der Waals surface area (Å²) in [6.07, 6.45) is 5.02. The lowest BCUT2D eigenvalue weighted by Crippen LogP contribution is -2.43. The summed E-state index contributed by atoms with van der Waals surface area (Å²) in [6.45, 7) is 2.52. The predicted molar refractivity (Wildman–Crippen MR) is 96.3 cm³/mol. The molecule has 3 rings (SSSR count). The molecule has 1 fully saturated rings. The van der Waals surface area contributed by atoms with Crippen LogP contribution >= 0.6 is 0 Å². The van der Waals surface area contributed by atoms with Crippen molar-refractivity contribution in [2.75, 3.05) is 13.7 Å². The van der Waals surface area contributed by atoms with E-state index >= 15 is 0 Å². The van der Waals surface area contributed by atoms with Gasteiger partial charge in [-0.05, 0) is 43.4 Å². The number of hydrogen-bond donors (Lipinski definition) is 2. The van der Waals surface area contributed by atoms with Crippen LogP contribution in [0.2, 0.25) is 0 Å². The van der Waals surface area contributed by atoms with Crippen molar-refractivity contribution in [3.63, 3.8) is 0 Å². The maximum absolute atomic E-state index is 13.0. The van der Waals surface area contributed by atoms with Crippen LogP contribution in [0.5, 0.6) is 5.75 Å². The maximum atomic E-state index is 13.0. The van der Waals surface area contributed by atoms with Crippen LogP contribution in [0.4, 0.5) is 0 Å². The Balaban J connectivity index is 1.66. The SMILES string of the molecule is COc1cc(C2(C(=O)NCCCc3noc(=O)[nH]3)CCCC2)ccc1C. The van der Waals surface area contributed by atoms with E-state index in [9.17, 15) is 9.59 Å². The number of ether oxygens (including phenoxy) is 1. The van der Waals surface area contributed by atoms with E-state index in [0.29, 0.717) is 25.2 Å². The van der Waals surface area contributed by atoms with Crippen LogP contribution in [0.1, 0.15) is 49.1 Å². The van der Waals surface area contributed by atoms with Gasteiger partial charge in [0.05, 0.1) is 12.5 Å². The van der Waals surface area contributed by atoms with Crippen LogP contribution < -0.4 is 15.8 Å². The Hall–Kier alpha value is -2.57. The number of H-pyrrole nitrogens is 1. The first-order valence-corrected chi connectivity index (χ1v) is 9.03. The molecule has 0 radical (unpaired) electrons. The summed E-state index contributed by atoms with van der Waals surface area (Å²) in [6, 6.07) is 6.06. The lowest BCUT2D eigenvalue weighted by Gasteiger charge is -2.29. The van der Waals surface area contributed by atoms with Gasteiger partial charge in [0.25, 0.3) is 0 Å². The minimum absolute atomic E-state index is 0.0644. The Morgan fingerprint density at radius 1 is 1.38 bits per heavy atom. The smallest absolute Gasteiger partial charge is 0.438 e. The first kappa shape index (κ1) is 18.2. The van der Waals surface area contributed by atoms with Crippen LogP contribution in [0.15, 0.2) is 27.5 Å². The minimum atomic E-state index is -0.553. The largest absolute Gasteiger partial charge is 0.496 e. The number of rotatable bonds is 7. The Bertz CT molecular complexity index is 818. The average molecular weight is 359 g/mol. The van der Waals surface area contributed by atoms with E-state index in [1.54, 1.807) is 7.11 Å². The average Bonchev–Trinajstić information content (AvgIpc) is 3.29. The standard InChI is InChI=1S/C19H25N3O4/c1-13-7-8-14(12-15(13)25-2)19(9-3-4-10-19)17(23)20-11-5-6-16-21-18(24)26-22-16/h7-8,12H,3-6,9-11H2,1-2H3,(H,20,23)(H,21,22,24). The van der Waals surface area contributed by atoms with E-state index in [-0.39, 0.29) is 5.91 Å². The van der Waals surface area contributed by atoms with Crippen molar-refractivity contribution in [3.05, 3.63) is 45.7 Å². The van der Waals surface area contributed by atoms with Crippen LogP contribution in [0, 0.1) is 6.92 Å². The van der Waals surface area contributed by atoms with E-state index in [2.05, 4.69) is 20.0 Å². The second-order valence-corrected chi connectivity index (χ2v) is 6.87. The summed E-state index contributed by atoms with van der Waals surface area (Å²) in [5, 5.41) is 6.69. The number of hydrogen-bond acceptors (Lipinski definition) is 5. The highest BCUT2D eigenvalue weighted by Gasteiger charge is 2.42. The second-order valence-electron chi connectivity index (χ2n) is 6.87. The Morgan fingerprint density at radius 3 is 2.81 bits per heavy atom. The number of methoxy groups -OCH3 is 1. The van der Waals surface area contributed by atoms with Crippen molar-refractivity contribution in [2.45, 2.75) is 50.9 Å². The quantitative estimate of drug-likeness (QED) is 0.739. The highest BCUT2D eigenvalue weighted by molar-refractivity contribution is 5.88. The molecule has 1 aromatic carbocycles. The summed E-state index contributed by atoms with van der Waals surface area (Å²) in [7, 11) is 1.65. The van der Waals surface area contributed by atoms with Gasteiger partial charge in [-0.3, -0.25) is 14.3 Å². The van der Waals surface area contributed by atoms with E-state index in [1.807, 2.05) is 25.1 Å². The summed E-state index contributed by atoms with van der Waals surface area (Å²) in [4.78, 5) is 26.5. The third-order valence-electron chi connectivity index (χ3n) is 5.21. The molecular weight excluding hydrogens is 334 g/mol. The number of carbonyl (C=O) groups is 1. The normalized spacial score (nSPS) is 15.8. The van der Waals surface area contributed by atoms with Crippen molar-refractivity contribution in [1.29, 1.82) is 0 Å². The van der Waals surface area contributed by atoms with Crippen LogP contribution in [-0.2, 0) is 16.6 Å². The zero-order chi connectivity index (χ0) is 18.6. The van der Waals surface area contributed by atoms with Gasteiger partial charge in [-0.25, -0.2) is 4.79 Å². The fraction of sp³-hybridized carbons (Fsp3) is 0.526. The highest BCUT2D eigenvalue weighted by Crippen LogP contribution is 2.42. The van der Waals surface area contributed by atoms with Crippen molar-refractivity contribution in [1.82, 2.24) is 15.5 Å². The predicted octanol–water partition coefficient (Wildman–Crippen LogP) is 2.24. The van der Waals surface area contributed by atoms with E-state index < -0.39 is 11.2 Å². The molecule has 2 aromatic rings. The summed E-state index contributed by atoms with van der Waals surface area (Å²) in [5.74, 6) is 0.830. The number of aryl methyl sites for hydroxylation is 2. The number of benzene rings is 1. The molecule has 2 N–H and O–H groups in total. The fourth-order valence-corrected chi connectivity index (χ4v) is 3.74. The van der Waals surface area contributed by atoms with Crippen molar-refractivity contribution in [2.24, 2.45) is 0 Å². The number of aromatic amines is 1. The molecule has 0 atom stereocenters. The lowest BCUT2D eigenvalue weighted by atomic mass is 9.77. The number of aromatic nitrogens is 2. The highest BCUT2D eigenvalue weighted by atomic mass is 16.5. The van der Waals surface area contributed by atoms with E-state index in [1.165, 1.54) is 0 Å². The Morgan fingerprint density at radius 2 is 2.15 bits per heavy atom. The molecule has 140 valence electrons. The molecule has 1 heterocycles. The van der Waals surface area contributed by atoms with Crippen LogP contribution in [0.25, 0.3) is 0 Å². The number of nitrogens with zero attached hydrogens (tertiary/aromatic N) is 1. The molecule has 1 aromatic heterocycles. The van der Waals surface area contributed by atoms with Crippen molar-refractivity contribution in [3.8, 4) is 5.75 Å². The maximum Gasteiger partial charge on any atom is 0.438 e. The Labute approximate surface area is 152 Å². The molecule has 26 heavy (non-hydrogen) atoms.